The zero-order valence-corrected chi connectivity index (χ0v) is 14.8. The van der Waals surface area contributed by atoms with E-state index in [1.54, 1.807) is 7.05 Å². The number of carbonyl (C=O) groups is 2. The Morgan fingerprint density at radius 3 is 2.68 bits per heavy atom. The van der Waals surface area contributed by atoms with Gasteiger partial charge in [-0.15, -0.1) is 0 Å². The molecule has 0 bridgehead atoms. The molecule has 9 heteroatoms. The first-order valence-corrected chi connectivity index (χ1v) is 8.54. The van der Waals surface area contributed by atoms with Crippen molar-refractivity contribution in [2.45, 2.75) is 13.0 Å². The highest BCUT2D eigenvalue weighted by atomic mass is 16.5. The van der Waals surface area contributed by atoms with E-state index in [4.69, 9.17) is 4.74 Å². The monoisotopic (exact) mass is 347 g/mol. The minimum atomic E-state index is -0.553. The van der Waals surface area contributed by atoms with E-state index in [0.29, 0.717) is 38.1 Å². The third-order valence-electron chi connectivity index (χ3n) is 5.23. The molecule has 9 nitrogen and oxygen atoms in total. The number of morpholine rings is 1. The number of rotatable bonds is 3. The molecule has 3 amide bonds. The van der Waals surface area contributed by atoms with Gasteiger partial charge in [-0.05, 0) is 6.92 Å². The number of hydrogen-bond donors (Lipinski definition) is 0. The topological polar surface area (TPSA) is 74.3 Å². The molecule has 1 unspecified atom stereocenters. The molecule has 1 atom stereocenters. The molecule has 134 valence electrons. The highest BCUT2D eigenvalue weighted by Crippen LogP contribution is 2.28. The maximum Gasteiger partial charge on any atom is 0.401 e. The number of hydrogen-bond acceptors (Lipinski definition) is 5. The van der Waals surface area contributed by atoms with E-state index in [1.807, 2.05) is 29.3 Å². The van der Waals surface area contributed by atoms with Crippen LogP contribution in [0.5, 0.6) is 0 Å². The van der Waals surface area contributed by atoms with Crippen LogP contribution in [0.3, 0.4) is 0 Å². The second-order valence-corrected chi connectivity index (χ2v) is 6.69. The van der Waals surface area contributed by atoms with Gasteiger partial charge in [-0.3, -0.25) is 19.5 Å². The summed E-state index contributed by atoms with van der Waals surface area (Å²) in [5, 5.41) is 0. The summed E-state index contributed by atoms with van der Waals surface area (Å²) < 4.78 is 9.13. The predicted octanol–water partition coefficient (Wildman–Crippen LogP) is -0.568. The van der Waals surface area contributed by atoms with Gasteiger partial charge in [0.25, 0.3) is 5.91 Å². The fraction of sp³-hybridized carbons (Fsp3) is 0.625. The molecular weight excluding hydrogens is 324 g/mol. The molecule has 4 heterocycles. The first-order chi connectivity index (χ1) is 12.0. The van der Waals surface area contributed by atoms with Crippen molar-refractivity contribution in [1.29, 1.82) is 0 Å². The summed E-state index contributed by atoms with van der Waals surface area (Å²) >= 11 is 0. The third-order valence-corrected chi connectivity index (χ3v) is 5.23. The molecule has 2 saturated heterocycles. The normalized spacial score (nSPS) is 23.8. The Morgan fingerprint density at radius 2 is 1.96 bits per heavy atom. The van der Waals surface area contributed by atoms with Gasteiger partial charge in [0.15, 0.2) is 0 Å². The van der Waals surface area contributed by atoms with Crippen molar-refractivity contribution in [3.63, 3.8) is 0 Å². The fourth-order valence-corrected chi connectivity index (χ4v) is 3.57. The maximum atomic E-state index is 13.0. The summed E-state index contributed by atoms with van der Waals surface area (Å²) in [6, 6.07) is -0.860. The van der Waals surface area contributed by atoms with Gasteiger partial charge < -0.3 is 4.74 Å². The molecule has 4 rings (SSSR count). The van der Waals surface area contributed by atoms with Crippen molar-refractivity contribution >= 4 is 23.7 Å². The van der Waals surface area contributed by atoms with Gasteiger partial charge in [-0.1, -0.05) is 4.99 Å². The molecule has 1 aromatic heterocycles. The van der Waals surface area contributed by atoms with Crippen LogP contribution in [-0.4, -0.2) is 83.5 Å². The SMILES string of the molecule is Cc1c[n+]2c(n1C)N=C1C2C(=O)N(CCN2CCOCC2)C(=O)N1C. The quantitative estimate of drug-likeness (QED) is 0.687. The van der Waals surface area contributed by atoms with E-state index in [0.717, 1.165) is 18.8 Å². The standard InChI is InChI=1S/C16H23N6O3/c1-11-10-22-12-13(17-15(22)18(11)2)19(3)16(24)21(14(12)23)5-4-20-6-8-25-9-7-20/h10,12H,4-9H2,1-3H3/q+1. The fourth-order valence-electron chi connectivity index (χ4n) is 3.57. The molecule has 0 aliphatic carbocycles. The van der Waals surface area contributed by atoms with Crippen LogP contribution in [-0.2, 0) is 16.6 Å². The molecule has 0 radical (unpaired) electrons. The average molecular weight is 347 g/mol. The predicted molar refractivity (Wildman–Crippen MR) is 88.6 cm³/mol. The Bertz CT molecular complexity index is 764. The summed E-state index contributed by atoms with van der Waals surface area (Å²) in [5.41, 5.74) is 1.02. The minimum Gasteiger partial charge on any atom is -0.379 e. The highest BCUT2D eigenvalue weighted by molar-refractivity contribution is 6.19. The number of aromatic nitrogens is 2. The molecule has 2 fully saturated rings. The van der Waals surface area contributed by atoms with E-state index >= 15 is 0 Å². The second-order valence-electron chi connectivity index (χ2n) is 6.69. The number of amides is 3. The van der Waals surface area contributed by atoms with E-state index in [9.17, 15) is 9.59 Å². The van der Waals surface area contributed by atoms with Crippen LogP contribution < -0.4 is 4.57 Å². The summed E-state index contributed by atoms with van der Waals surface area (Å²) in [4.78, 5) is 35.3. The van der Waals surface area contributed by atoms with E-state index < -0.39 is 6.04 Å². The van der Waals surface area contributed by atoms with Gasteiger partial charge in [0, 0.05) is 33.2 Å². The van der Waals surface area contributed by atoms with Crippen LogP contribution >= 0.6 is 0 Å². The third kappa shape index (κ3) is 2.46. The zero-order chi connectivity index (χ0) is 17.7. The van der Waals surface area contributed by atoms with Gasteiger partial charge in [0.2, 0.25) is 11.9 Å². The van der Waals surface area contributed by atoms with Crippen molar-refractivity contribution in [3.8, 4) is 0 Å². The Balaban J connectivity index is 1.58. The maximum absolute atomic E-state index is 13.0. The number of carbonyl (C=O) groups excluding carboxylic acids is 2. The molecule has 1 aromatic rings. The van der Waals surface area contributed by atoms with Crippen LogP contribution in [0.25, 0.3) is 0 Å². The van der Waals surface area contributed by atoms with Gasteiger partial charge in [0.05, 0.1) is 20.3 Å². The van der Waals surface area contributed by atoms with Gasteiger partial charge in [-0.25, -0.2) is 13.9 Å². The van der Waals surface area contributed by atoms with Gasteiger partial charge in [0.1, 0.15) is 11.9 Å². The second kappa shape index (κ2) is 5.92. The lowest BCUT2D eigenvalue weighted by atomic mass is 10.1. The van der Waals surface area contributed by atoms with Crippen molar-refractivity contribution in [2.24, 2.45) is 12.0 Å². The number of imidazole rings is 1. The molecule has 0 aromatic carbocycles. The van der Waals surface area contributed by atoms with Crippen molar-refractivity contribution < 1.29 is 18.9 Å². The van der Waals surface area contributed by atoms with Crippen LogP contribution in [0.15, 0.2) is 11.2 Å². The Labute approximate surface area is 146 Å². The van der Waals surface area contributed by atoms with Crippen molar-refractivity contribution in [1.82, 2.24) is 19.3 Å². The highest BCUT2D eigenvalue weighted by Gasteiger charge is 2.52. The summed E-state index contributed by atoms with van der Waals surface area (Å²) in [6.07, 6.45) is 1.91. The summed E-state index contributed by atoms with van der Waals surface area (Å²) in [5.74, 6) is 0.994. The lowest BCUT2D eigenvalue weighted by Gasteiger charge is -2.35. The lowest BCUT2D eigenvalue weighted by Crippen LogP contribution is -2.63. The van der Waals surface area contributed by atoms with Crippen LogP contribution in [0.4, 0.5) is 10.7 Å². The van der Waals surface area contributed by atoms with Gasteiger partial charge in [-0.2, -0.15) is 0 Å². The number of fused-ring (bicyclic) bond motifs is 3. The largest absolute Gasteiger partial charge is 0.401 e. The molecular formula is C16H23N6O3+. The van der Waals surface area contributed by atoms with Crippen LogP contribution in [0.1, 0.15) is 11.7 Å². The molecule has 25 heavy (non-hydrogen) atoms. The number of aliphatic imine (C=N–C) groups is 1. The number of nitrogens with zero attached hydrogens (tertiary/aromatic N) is 6. The summed E-state index contributed by atoms with van der Waals surface area (Å²) in [7, 11) is 3.59. The van der Waals surface area contributed by atoms with Crippen LogP contribution in [0.2, 0.25) is 0 Å². The molecule has 0 spiro atoms. The minimum absolute atomic E-state index is 0.204. The molecule has 0 N–H and O–H groups in total. The number of amidine groups is 1. The van der Waals surface area contributed by atoms with Gasteiger partial charge >= 0.3 is 12.0 Å². The number of likely N-dealkylation sites (N-methyl/N-ethyl adjacent to an activating group) is 1. The van der Waals surface area contributed by atoms with E-state index in [1.165, 1.54) is 9.80 Å². The Kier molecular flexibility index (Phi) is 3.84. The number of aryl methyl sites for hydroxylation is 1. The van der Waals surface area contributed by atoms with Crippen LogP contribution in [0, 0.1) is 6.92 Å². The first kappa shape index (κ1) is 16.2. The first-order valence-electron chi connectivity index (χ1n) is 8.54. The number of ether oxygens (including phenoxy) is 1. The number of urea groups is 1. The number of imide groups is 1. The molecule has 3 aliphatic heterocycles. The molecule has 0 saturated carbocycles. The molecule has 3 aliphatic rings. The van der Waals surface area contributed by atoms with E-state index in [2.05, 4.69) is 9.89 Å². The Hall–Kier alpha value is -2.26. The smallest absolute Gasteiger partial charge is 0.379 e. The lowest BCUT2D eigenvalue weighted by molar-refractivity contribution is -0.677. The van der Waals surface area contributed by atoms with Crippen molar-refractivity contribution in [3.05, 3.63) is 11.9 Å². The Morgan fingerprint density at radius 1 is 1.24 bits per heavy atom. The summed E-state index contributed by atoms with van der Waals surface area (Å²) in [6.45, 7) is 6.08. The van der Waals surface area contributed by atoms with E-state index in [-0.39, 0.29) is 11.9 Å². The van der Waals surface area contributed by atoms with Crippen molar-refractivity contribution in [2.75, 3.05) is 46.4 Å². The average Bonchev–Trinajstić information content (AvgIpc) is 3.11. The zero-order valence-electron chi connectivity index (χ0n) is 14.8.